The molecule has 0 saturated heterocycles. The van der Waals surface area contributed by atoms with Crippen molar-refractivity contribution in [3.8, 4) is 11.1 Å². The van der Waals surface area contributed by atoms with Crippen molar-refractivity contribution in [2.24, 2.45) is 9.98 Å². The Morgan fingerprint density at radius 2 is 0.691 bits per heavy atom. The molecule has 0 radical (unpaired) electrons. The first-order chi connectivity index (χ1) is 29.8. The number of nitrogens with zero attached hydrogens (tertiary/aromatic N) is 4. The van der Waals surface area contributed by atoms with Gasteiger partial charge in [0, 0.05) is 5.56 Å². The fourth-order valence-electron chi connectivity index (χ4n) is 6.73. The molecule has 0 aliphatic heterocycles. The van der Waals surface area contributed by atoms with Crippen molar-refractivity contribution in [2.45, 2.75) is 91.9 Å². The number of benzene rings is 5. The Bertz CT molecular complexity index is 2130. The summed E-state index contributed by atoms with van der Waals surface area (Å²) in [5, 5.41) is 10.1. The molecule has 0 amide bonds. The molecular formula is C50H52Cl12N4Pd2. The number of halogens is 12. The summed E-state index contributed by atoms with van der Waals surface area (Å²) in [7, 11) is 0. The van der Waals surface area contributed by atoms with Crippen molar-refractivity contribution in [3.05, 3.63) is 172 Å². The van der Waals surface area contributed by atoms with Gasteiger partial charge in [-0.3, -0.25) is 0 Å². The minimum Gasteiger partial charge on any atom is -1.00 e. The van der Waals surface area contributed by atoms with Crippen LogP contribution in [-0.4, -0.2) is 29.4 Å². The number of alkyl halides is 9. The molecule has 1 heterocycles. The molecule has 0 bridgehead atoms. The smallest absolute Gasteiger partial charge is 1.00 e. The maximum absolute atomic E-state index is 5.61. The van der Waals surface area contributed by atoms with Gasteiger partial charge in [-0.15, -0.1) is 0 Å². The van der Waals surface area contributed by atoms with Crippen LogP contribution in [0.1, 0.15) is 124 Å². The van der Waals surface area contributed by atoms with E-state index in [4.69, 9.17) is 125 Å². The van der Waals surface area contributed by atoms with E-state index in [1.807, 2.05) is 18.2 Å². The van der Waals surface area contributed by atoms with Crippen molar-refractivity contribution in [2.75, 3.05) is 0 Å². The van der Waals surface area contributed by atoms with E-state index >= 15 is 0 Å². The SMILES string of the molecule is CC(C)c1cccc(C(C)C)c1N=C(c1ccccc1)c1n[n-]c(C(=Nc2c(C(C)C)cccc2C(C)C)c2ccccc2)c1-c1ccccc1.ClC(Cl)Cl.ClC(Cl)Cl.ClC(Cl)Cl.[Cl-].[Cl-].[Cl-].[Pd+2].[Pd+2]. The van der Waals surface area contributed by atoms with Crippen molar-refractivity contribution in [3.63, 3.8) is 0 Å². The number of hydrogen-bond acceptors (Lipinski definition) is 3. The molecule has 376 valence electrons. The quantitative estimate of drug-likeness (QED) is 0.0738. The van der Waals surface area contributed by atoms with Gasteiger partial charge < -0.3 is 47.4 Å². The first-order valence-electron chi connectivity index (χ1n) is 20.2. The van der Waals surface area contributed by atoms with Crippen LogP contribution < -0.4 is 42.3 Å². The van der Waals surface area contributed by atoms with Gasteiger partial charge in [0.15, 0.2) is 12.9 Å². The van der Waals surface area contributed by atoms with Crippen LogP contribution in [0.4, 0.5) is 11.4 Å². The summed E-state index contributed by atoms with van der Waals surface area (Å²) in [5.74, 6) is 1.18. The minimum absolute atomic E-state index is 0. The van der Waals surface area contributed by atoms with E-state index in [0.717, 1.165) is 56.4 Å². The molecule has 68 heavy (non-hydrogen) atoms. The van der Waals surface area contributed by atoms with Crippen LogP contribution in [0, 0.1) is 0 Å². The van der Waals surface area contributed by atoms with E-state index in [9.17, 15) is 0 Å². The van der Waals surface area contributed by atoms with Crippen molar-refractivity contribution in [1.29, 1.82) is 0 Å². The summed E-state index contributed by atoms with van der Waals surface area (Å²) in [6, 6.07) is 44.4. The van der Waals surface area contributed by atoms with Gasteiger partial charge in [0.2, 0.25) is 0 Å². The van der Waals surface area contributed by atoms with Crippen molar-refractivity contribution < 1.29 is 78.1 Å². The molecule has 0 saturated carbocycles. The van der Waals surface area contributed by atoms with Crippen LogP contribution in [0.3, 0.4) is 0 Å². The van der Waals surface area contributed by atoms with E-state index in [-0.39, 0.29) is 78.1 Å². The number of para-hydroxylation sites is 2. The summed E-state index contributed by atoms with van der Waals surface area (Å²) in [4.78, 5) is 11.2. The zero-order valence-electron chi connectivity index (χ0n) is 38.1. The van der Waals surface area contributed by atoms with Gasteiger partial charge in [-0.25, -0.2) is 9.98 Å². The summed E-state index contributed by atoms with van der Waals surface area (Å²) in [5.41, 5.74) is 13.8. The zero-order chi connectivity index (χ0) is 46.8. The molecule has 0 unspecified atom stereocenters. The number of aromatic nitrogens is 2. The summed E-state index contributed by atoms with van der Waals surface area (Å²) >= 11 is 43.3. The Morgan fingerprint density at radius 3 is 1.00 bits per heavy atom. The number of hydrogen-bond donors (Lipinski definition) is 0. The Labute approximate surface area is 495 Å². The van der Waals surface area contributed by atoms with E-state index in [0.29, 0.717) is 23.7 Å². The fourth-order valence-corrected chi connectivity index (χ4v) is 6.73. The van der Waals surface area contributed by atoms with E-state index in [1.165, 1.54) is 22.3 Å². The van der Waals surface area contributed by atoms with Crippen molar-refractivity contribution >= 4 is 127 Å². The van der Waals surface area contributed by atoms with Gasteiger partial charge in [0.25, 0.3) is 0 Å². The molecule has 18 heteroatoms. The monoisotopic (exact) mass is 1340 g/mol. The Hall–Kier alpha value is -0.545. The second-order valence-corrected chi connectivity index (χ2v) is 21.2. The van der Waals surface area contributed by atoms with Crippen LogP contribution in [0.15, 0.2) is 137 Å². The third kappa shape index (κ3) is 23.1. The summed E-state index contributed by atoms with van der Waals surface area (Å²) < 4.78 is -2.25. The molecule has 0 fully saturated rings. The van der Waals surface area contributed by atoms with Gasteiger partial charge in [-0.1, -0.05) is 293 Å². The Kier molecular flexibility index (Phi) is 39.3. The first-order valence-corrected chi connectivity index (χ1v) is 24.2. The van der Waals surface area contributed by atoms with E-state index in [1.54, 1.807) is 0 Å². The molecule has 0 spiro atoms. The van der Waals surface area contributed by atoms with Gasteiger partial charge in [-0.05, 0) is 62.6 Å². The van der Waals surface area contributed by atoms with Crippen LogP contribution in [0.2, 0.25) is 0 Å². The molecule has 0 atom stereocenters. The second-order valence-electron chi connectivity index (χ2n) is 15.2. The van der Waals surface area contributed by atoms with Crippen molar-refractivity contribution in [1.82, 2.24) is 10.2 Å². The maximum Gasteiger partial charge on any atom is 2.00 e. The minimum atomic E-state index is -0.750. The Balaban J connectivity index is -0.00000223. The van der Waals surface area contributed by atoms with Gasteiger partial charge in [-0.2, -0.15) is 0 Å². The molecule has 0 aliphatic rings. The predicted octanol–water partition coefficient (Wildman–Crippen LogP) is 9.50. The first kappa shape index (κ1) is 71.7. The maximum atomic E-state index is 5.61. The van der Waals surface area contributed by atoms with Gasteiger partial charge in [0.05, 0.1) is 28.5 Å². The van der Waals surface area contributed by atoms with Crippen LogP contribution >= 0.6 is 104 Å². The molecule has 6 aromatic rings. The van der Waals surface area contributed by atoms with Gasteiger partial charge >= 0.3 is 40.8 Å². The van der Waals surface area contributed by atoms with Crippen LogP contribution in [0.25, 0.3) is 11.1 Å². The zero-order valence-corrected chi connectivity index (χ0v) is 50.3. The molecule has 5 aromatic carbocycles. The van der Waals surface area contributed by atoms with E-state index in [2.05, 4.69) is 165 Å². The third-order valence-electron chi connectivity index (χ3n) is 9.46. The third-order valence-corrected chi connectivity index (χ3v) is 9.46. The average Bonchev–Trinajstić information content (AvgIpc) is 3.66. The Morgan fingerprint density at radius 1 is 0.412 bits per heavy atom. The largest absolute Gasteiger partial charge is 2.00 e. The van der Waals surface area contributed by atoms with Gasteiger partial charge in [0.1, 0.15) is 0 Å². The predicted molar refractivity (Wildman–Crippen MR) is 280 cm³/mol. The van der Waals surface area contributed by atoms with E-state index < -0.39 is 12.9 Å². The normalized spacial score (nSPS) is 10.9. The molecule has 0 N–H and O–H groups in total. The topological polar surface area (TPSA) is 51.7 Å². The molecule has 0 aliphatic carbocycles. The second kappa shape index (κ2) is 37.2. The number of rotatable bonds is 11. The summed E-state index contributed by atoms with van der Waals surface area (Å²) in [6.45, 7) is 17.9. The molecule has 1 aromatic heterocycles. The summed E-state index contributed by atoms with van der Waals surface area (Å²) in [6.07, 6.45) is 0. The fraction of sp³-hybridized carbons (Fsp3) is 0.300. The molecule has 4 nitrogen and oxygen atoms in total. The molecular weight excluding hydrogens is 1290 g/mol. The average molecular weight is 1350 g/mol. The van der Waals surface area contributed by atoms with Crippen LogP contribution in [0.5, 0.6) is 0 Å². The number of aliphatic imine (C=N–C) groups is 2. The molecule has 6 rings (SSSR count). The standard InChI is InChI=1S/C47H49N4.3CHCl3.3ClH.2Pd/c1-30(2)37-26-18-27-38(31(3)4)44(37)48-42(35-22-14-10-15-23-35)46-41(34-20-12-9-13-21-34)47(51-50-46)43(36-24-16-11-17-25-36)49-45-39(32(5)6)28-19-29-40(45)33(7)8;3*2-1(3)4;;;;;/h9-33H,1-8H3;3*1H;3*1H;;/q-1;;;;;;;2*+2/p-3. The van der Waals surface area contributed by atoms with Crippen LogP contribution in [-0.2, 0) is 40.8 Å².